The third-order valence-corrected chi connectivity index (χ3v) is 2.17. The molecular weight excluding hydrogens is 208 g/mol. The van der Waals surface area contributed by atoms with E-state index in [2.05, 4.69) is 10.3 Å². The van der Waals surface area contributed by atoms with E-state index in [1.54, 1.807) is 24.1 Å². The first-order chi connectivity index (χ1) is 7.75. The zero-order valence-electron chi connectivity index (χ0n) is 9.48. The molecule has 0 bridgehead atoms. The maximum Gasteiger partial charge on any atom is 0.284 e. The molecule has 6 heteroatoms. The van der Waals surface area contributed by atoms with Crippen molar-refractivity contribution in [1.29, 1.82) is 0 Å². The van der Waals surface area contributed by atoms with Gasteiger partial charge in [0, 0.05) is 32.6 Å². The lowest BCUT2D eigenvalue weighted by molar-refractivity contribution is 0.0986. The molecule has 0 radical (unpaired) electrons. The first-order valence-electron chi connectivity index (χ1n) is 5.26. The van der Waals surface area contributed by atoms with E-state index >= 15 is 0 Å². The van der Waals surface area contributed by atoms with Gasteiger partial charge in [0.2, 0.25) is 0 Å². The number of amides is 1. The van der Waals surface area contributed by atoms with Crippen LogP contribution in [-0.4, -0.2) is 42.3 Å². The topological polar surface area (TPSA) is 82.2 Å². The number of nitrogens with zero attached hydrogens (tertiary/aromatic N) is 2. The van der Waals surface area contributed by atoms with E-state index in [1.165, 1.54) is 0 Å². The summed E-state index contributed by atoms with van der Waals surface area (Å²) in [6.45, 7) is 3.15. The minimum absolute atomic E-state index is 0.317. The van der Waals surface area contributed by atoms with Crippen molar-refractivity contribution in [2.45, 2.75) is 13.0 Å². The van der Waals surface area contributed by atoms with Crippen LogP contribution < -0.4 is 11.1 Å². The maximum absolute atomic E-state index is 11.0. The van der Waals surface area contributed by atoms with Gasteiger partial charge in [0.05, 0.1) is 6.61 Å². The Balaban J connectivity index is 2.21. The van der Waals surface area contributed by atoms with E-state index in [9.17, 15) is 4.79 Å². The van der Waals surface area contributed by atoms with Gasteiger partial charge in [-0.15, -0.1) is 0 Å². The summed E-state index contributed by atoms with van der Waals surface area (Å²) in [6.07, 6.45) is 4.26. The zero-order chi connectivity index (χ0) is 11.8. The molecule has 1 amide bonds. The highest BCUT2D eigenvalue weighted by Crippen LogP contribution is 1.97. The van der Waals surface area contributed by atoms with Crippen molar-refractivity contribution in [1.82, 2.24) is 14.9 Å². The highest BCUT2D eigenvalue weighted by molar-refractivity contribution is 5.89. The first kappa shape index (κ1) is 12.7. The monoisotopic (exact) mass is 226 g/mol. The third kappa shape index (κ3) is 4.00. The largest absolute Gasteiger partial charge is 0.383 e. The number of nitrogens with one attached hydrogen (secondary N) is 1. The number of hydrogen-bond donors (Lipinski definition) is 2. The Morgan fingerprint density at radius 1 is 1.62 bits per heavy atom. The quantitative estimate of drug-likeness (QED) is 0.591. The predicted octanol–water partition coefficient (Wildman–Crippen LogP) is -0.392. The van der Waals surface area contributed by atoms with Crippen LogP contribution in [0.4, 0.5) is 0 Å². The number of primary amides is 1. The Hall–Kier alpha value is -1.40. The Morgan fingerprint density at radius 2 is 2.44 bits per heavy atom. The molecule has 0 fully saturated rings. The van der Waals surface area contributed by atoms with Crippen LogP contribution in [0.2, 0.25) is 0 Å². The minimum atomic E-state index is -0.489. The van der Waals surface area contributed by atoms with Crippen LogP contribution in [0, 0.1) is 0 Å². The van der Waals surface area contributed by atoms with E-state index in [1.807, 2.05) is 0 Å². The molecule has 0 aliphatic heterocycles. The Bertz CT molecular complexity index is 324. The number of hydrogen-bond acceptors (Lipinski definition) is 4. The summed E-state index contributed by atoms with van der Waals surface area (Å²) in [7, 11) is 1.67. The highest BCUT2D eigenvalue weighted by atomic mass is 16.5. The third-order valence-electron chi connectivity index (χ3n) is 2.17. The smallest absolute Gasteiger partial charge is 0.284 e. The molecule has 1 aromatic rings. The molecule has 3 N–H and O–H groups in total. The van der Waals surface area contributed by atoms with Gasteiger partial charge < -0.3 is 20.4 Å². The lowest BCUT2D eigenvalue weighted by Gasteiger charge is -2.06. The van der Waals surface area contributed by atoms with Crippen LogP contribution in [-0.2, 0) is 11.3 Å². The zero-order valence-corrected chi connectivity index (χ0v) is 9.48. The molecule has 1 rings (SSSR count). The normalized spacial score (nSPS) is 10.6. The second-order valence-corrected chi connectivity index (χ2v) is 3.40. The van der Waals surface area contributed by atoms with Crippen molar-refractivity contribution in [3.8, 4) is 0 Å². The molecule has 1 aromatic heterocycles. The predicted molar refractivity (Wildman–Crippen MR) is 60.1 cm³/mol. The minimum Gasteiger partial charge on any atom is -0.383 e. The second kappa shape index (κ2) is 6.97. The van der Waals surface area contributed by atoms with Gasteiger partial charge >= 0.3 is 0 Å². The Kier molecular flexibility index (Phi) is 5.52. The number of aromatic nitrogens is 2. The van der Waals surface area contributed by atoms with Gasteiger partial charge in [0.15, 0.2) is 5.82 Å². The van der Waals surface area contributed by atoms with Gasteiger partial charge in [-0.25, -0.2) is 4.98 Å². The average Bonchev–Trinajstić information content (AvgIpc) is 2.71. The van der Waals surface area contributed by atoms with Gasteiger partial charge in [0.25, 0.3) is 5.91 Å². The summed E-state index contributed by atoms with van der Waals surface area (Å²) in [5.74, 6) is -0.172. The molecule has 0 saturated heterocycles. The van der Waals surface area contributed by atoms with E-state index in [0.29, 0.717) is 12.4 Å². The van der Waals surface area contributed by atoms with Crippen molar-refractivity contribution >= 4 is 5.91 Å². The standard InChI is InChI=1S/C10H18N4O2/c1-16-8-5-12-3-2-6-14-7-4-13-10(14)9(11)15/h4,7,12H,2-3,5-6,8H2,1H3,(H2,11,15). The van der Waals surface area contributed by atoms with Gasteiger partial charge in [0.1, 0.15) is 0 Å². The van der Waals surface area contributed by atoms with Crippen LogP contribution in [0.1, 0.15) is 17.0 Å². The molecule has 0 unspecified atom stereocenters. The van der Waals surface area contributed by atoms with E-state index < -0.39 is 5.91 Å². The summed E-state index contributed by atoms with van der Waals surface area (Å²) < 4.78 is 6.67. The molecular formula is C10H18N4O2. The van der Waals surface area contributed by atoms with Crippen molar-refractivity contribution in [3.05, 3.63) is 18.2 Å². The van der Waals surface area contributed by atoms with Crippen molar-refractivity contribution in [2.75, 3.05) is 26.8 Å². The number of imidazole rings is 1. The number of carbonyl (C=O) groups excluding carboxylic acids is 1. The van der Waals surface area contributed by atoms with E-state index in [-0.39, 0.29) is 0 Å². The fraction of sp³-hybridized carbons (Fsp3) is 0.600. The first-order valence-corrected chi connectivity index (χ1v) is 5.26. The number of methoxy groups -OCH3 is 1. The molecule has 6 nitrogen and oxygen atoms in total. The van der Waals surface area contributed by atoms with Crippen LogP contribution in [0.5, 0.6) is 0 Å². The van der Waals surface area contributed by atoms with Gasteiger partial charge in [-0.05, 0) is 13.0 Å². The van der Waals surface area contributed by atoms with E-state index in [4.69, 9.17) is 10.5 Å². The summed E-state index contributed by atoms with van der Waals surface area (Å²) in [5, 5.41) is 3.22. The van der Waals surface area contributed by atoms with Crippen molar-refractivity contribution < 1.29 is 9.53 Å². The maximum atomic E-state index is 11.0. The Labute approximate surface area is 94.8 Å². The van der Waals surface area contributed by atoms with Crippen LogP contribution in [0.15, 0.2) is 12.4 Å². The Morgan fingerprint density at radius 3 is 3.12 bits per heavy atom. The fourth-order valence-corrected chi connectivity index (χ4v) is 1.39. The van der Waals surface area contributed by atoms with Crippen molar-refractivity contribution in [3.63, 3.8) is 0 Å². The molecule has 0 spiro atoms. The molecule has 1 heterocycles. The van der Waals surface area contributed by atoms with E-state index in [0.717, 1.165) is 26.1 Å². The highest BCUT2D eigenvalue weighted by Gasteiger charge is 2.07. The second-order valence-electron chi connectivity index (χ2n) is 3.40. The molecule has 90 valence electrons. The number of nitrogens with two attached hydrogens (primary N) is 1. The fourth-order valence-electron chi connectivity index (χ4n) is 1.39. The van der Waals surface area contributed by atoms with Gasteiger partial charge in [-0.1, -0.05) is 0 Å². The van der Waals surface area contributed by atoms with Crippen molar-refractivity contribution in [2.24, 2.45) is 5.73 Å². The summed E-state index contributed by atoms with van der Waals surface area (Å²) in [6, 6.07) is 0. The molecule has 16 heavy (non-hydrogen) atoms. The van der Waals surface area contributed by atoms with Crippen LogP contribution in [0.25, 0.3) is 0 Å². The summed E-state index contributed by atoms with van der Waals surface area (Å²) in [4.78, 5) is 14.9. The lowest BCUT2D eigenvalue weighted by atomic mass is 10.4. The molecule has 0 aliphatic carbocycles. The van der Waals surface area contributed by atoms with Crippen LogP contribution >= 0.6 is 0 Å². The van der Waals surface area contributed by atoms with Gasteiger partial charge in [-0.3, -0.25) is 4.79 Å². The van der Waals surface area contributed by atoms with Gasteiger partial charge in [-0.2, -0.15) is 0 Å². The number of ether oxygens (including phenoxy) is 1. The number of carbonyl (C=O) groups is 1. The SMILES string of the molecule is COCCNCCCn1ccnc1C(N)=O. The summed E-state index contributed by atoms with van der Waals surface area (Å²) >= 11 is 0. The lowest BCUT2D eigenvalue weighted by Crippen LogP contribution is -2.23. The molecule has 0 aromatic carbocycles. The number of rotatable bonds is 8. The molecule has 0 atom stereocenters. The molecule has 0 saturated carbocycles. The number of aryl methyl sites for hydroxylation is 1. The average molecular weight is 226 g/mol. The molecule has 0 aliphatic rings. The van der Waals surface area contributed by atoms with Crippen LogP contribution in [0.3, 0.4) is 0 Å². The summed E-state index contributed by atoms with van der Waals surface area (Å²) in [5.41, 5.74) is 5.17.